The Labute approximate surface area is 136 Å². The van der Waals surface area contributed by atoms with Crippen LogP contribution in [0.4, 0.5) is 5.69 Å². The molecule has 0 aromatic heterocycles. The van der Waals surface area contributed by atoms with Crippen molar-refractivity contribution >= 4 is 46.5 Å². The Morgan fingerprint density at radius 2 is 1.50 bits per heavy atom. The summed E-state index contributed by atoms with van der Waals surface area (Å²) in [6, 6.07) is 12.2. The molecule has 0 saturated carbocycles. The average molecular weight is 334 g/mol. The van der Waals surface area contributed by atoms with E-state index < -0.39 is 5.97 Å². The first kappa shape index (κ1) is 15.9. The number of hydrogen-bond donors (Lipinski definition) is 2. The number of halogens is 1. The summed E-state index contributed by atoms with van der Waals surface area (Å²) in [5.41, 5.74) is 1.02. The third-order valence-electron chi connectivity index (χ3n) is 2.71. The van der Waals surface area contributed by atoms with Gasteiger partial charge in [0, 0.05) is 16.3 Å². The van der Waals surface area contributed by atoms with Crippen LogP contribution < -0.4 is 15.7 Å². The predicted octanol–water partition coefficient (Wildman–Crippen LogP) is 1.83. The van der Waals surface area contributed by atoms with Gasteiger partial charge in [0.05, 0.1) is 5.97 Å². The van der Waals surface area contributed by atoms with E-state index >= 15 is 0 Å². The molecule has 0 unspecified atom stereocenters. The van der Waals surface area contributed by atoms with Gasteiger partial charge in [-0.25, -0.2) is 0 Å². The maximum atomic E-state index is 11.9. The first-order chi connectivity index (χ1) is 10.5. The van der Waals surface area contributed by atoms with Crippen LogP contribution in [0.3, 0.4) is 0 Å². The Morgan fingerprint density at radius 3 is 2.05 bits per heavy atom. The molecule has 7 heteroatoms. The lowest BCUT2D eigenvalue weighted by atomic mass is 10.2. The lowest BCUT2D eigenvalue weighted by Gasteiger charge is -2.10. The first-order valence-electron chi connectivity index (χ1n) is 6.15. The number of carboxylic acids is 1. The molecule has 112 valence electrons. The van der Waals surface area contributed by atoms with Crippen molar-refractivity contribution in [3.63, 3.8) is 0 Å². The van der Waals surface area contributed by atoms with Gasteiger partial charge < -0.3 is 15.2 Å². The molecule has 5 nitrogen and oxygen atoms in total. The second-order valence-corrected chi connectivity index (χ2v) is 5.12. The van der Waals surface area contributed by atoms with Crippen LogP contribution in [-0.4, -0.2) is 17.0 Å². The summed E-state index contributed by atoms with van der Waals surface area (Å²) in [6.45, 7) is 0. The van der Waals surface area contributed by atoms with Crippen LogP contribution in [0.15, 0.2) is 48.5 Å². The molecule has 0 aliphatic heterocycles. The minimum absolute atomic E-state index is 0.0571. The van der Waals surface area contributed by atoms with Crippen LogP contribution >= 0.6 is 23.8 Å². The summed E-state index contributed by atoms with van der Waals surface area (Å²) in [7, 11) is 0. The summed E-state index contributed by atoms with van der Waals surface area (Å²) in [4.78, 5) is 22.6. The number of rotatable bonds is 3. The van der Waals surface area contributed by atoms with E-state index in [0.717, 1.165) is 0 Å². The highest BCUT2D eigenvalue weighted by molar-refractivity contribution is 7.80. The van der Waals surface area contributed by atoms with E-state index in [1.54, 1.807) is 24.3 Å². The fraction of sp³-hybridized carbons (Fsp3) is 0. The zero-order chi connectivity index (χ0) is 16.1. The van der Waals surface area contributed by atoms with Gasteiger partial charge in [0.15, 0.2) is 5.11 Å². The lowest BCUT2D eigenvalue weighted by molar-refractivity contribution is -0.255. The number of anilines is 1. The molecule has 0 aliphatic rings. The predicted molar refractivity (Wildman–Crippen MR) is 85.9 cm³/mol. The van der Waals surface area contributed by atoms with E-state index in [4.69, 9.17) is 23.8 Å². The Balaban J connectivity index is 1.96. The standard InChI is InChI=1S/C15H11ClN2O3S/c16-11-5-1-9(2-6-11)13(19)18-15(22)17-12-7-3-10(4-8-12)14(20)21/h1-8H,(H,20,21)(H2,17,18,19,22)/p-1. The van der Waals surface area contributed by atoms with Crippen LogP contribution in [0.5, 0.6) is 0 Å². The number of nitrogens with one attached hydrogen (secondary N) is 2. The first-order valence-corrected chi connectivity index (χ1v) is 6.93. The summed E-state index contributed by atoms with van der Waals surface area (Å²) in [5, 5.41) is 16.6. The van der Waals surface area contributed by atoms with Crippen molar-refractivity contribution in [2.75, 3.05) is 5.32 Å². The van der Waals surface area contributed by atoms with Crippen LogP contribution in [0.25, 0.3) is 0 Å². The van der Waals surface area contributed by atoms with Crippen molar-refractivity contribution in [3.05, 3.63) is 64.7 Å². The maximum Gasteiger partial charge on any atom is 0.257 e. The number of thiocarbonyl (C=S) groups is 1. The second kappa shape index (κ2) is 7.02. The minimum Gasteiger partial charge on any atom is -0.545 e. The van der Waals surface area contributed by atoms with E-state index in [0.29, 0.717) is 16.3 Å². The van der Waals surface area contributed by atoms with Crippen LogP contribution in [0.2, 0.25) is 5.02 Å². The van der Waals surface area contributed by atoms with E-state index in [1.165, 1.54) is 24.3 Å². The number of carbonyl (C=O) groups is 2. The highest BCUT2D eigenvalue weighted by Gasteiger charge is 2.07. The zero-order valence-electron chi connectivity index (χ0n) is 11.1. The number of hydrogen-bond acceptors (Lipinski definition) is 4. The van der Waals surface area contributed by atoms with E-state index in [2.05, 4.69) is 10.6 Å². The molecule has 0 aliphatic carbocycles. The van der Waals surface area contributed by atoms with Crippen molar-refractivity contribution in [2.45, 2.75) is 0 Å². The monoisotopic (exact) mass is 333 g/mol. The number of amides is 1. The third-order valence-corrected chi connectivity index (χ3v) is 3.17. The smallest absolute Gasteiger partial charge is 0.257 e. The molecule has 0 spiro atoms. The fourth-order valence-electron chi connectivity index (χ4n) is 1.63. The fourth-order valence-corrected chi connectivity index (χ4v) is 1.97. The Bertz CT molecular complexity index is 715. The summed E-state index contributed by atoms with van der Waals surface area (Å²) in [5.74, 6) is -1.63. The third kappa shape index (κ3) is 4.28. The van der Waals surface area contributed by atoms with Crippen LogP contribution in [0.1, 0.15) is 20.7 Å². The molecule has 0 fully saturated rings. The summed E-state index contributed by atoms with van der Waals surface area (Å²) >= 11 is 10.8. The SMILES string of the molecule is O=C([O-])c1ccc(NC(=S)NC(=O)c2ccc(Cl)cc2)cc1. The molecule has 0 heterocycles. The van der Waals surface area contributed by atoms with E-state index in [1.807, 2.05) is 0 Å². The number of benzene rings is 2. The van der Waals surface area contributed by atoms with Crippen molar-refractivity contribution in [1.29, 1.82) is 0 Å². The normalized spacial score (nSPS) is 9.86. The van der Waals surface area contributed by atoms with Gasteiger partial charge in [-0.1, -0.05) is 23.7 Å². The molecule has 0 bridgehead atoms. The Hall–Kier alpha value is -2.44. The lowest BCUT2D eigenvalue weighted by Crippen LogP contribution is -2.34. The molecule has 2 aromatic carbocycles. The molecule has 0 radical (unpaired) electrons. The average Bonchev–Trinajstić information content (AvgIpc) is 2.48. The quantitative estimate of drug-likeness (QED) is 0.838. The number of carboxylic acid groups (broad SMARTS) is 1. The van der Waals surface area contributed by atoms with Gasteiger partial charge in [-0.3, -0.25) is 10.1 Å². The van der Waals surface area contributed by atoms with Gasteiger partial charge >= 0.3 is 0 Å². The molecule has 1 amide bonds. The highest BCUT2D eigenvalue weighted by Crippen LogP contribution is 2.10. The van der Waals surface area contributed by atoms with Crippen molar-refractivity contribution < 1.29 is 14.7 Å². The van der Waals surface area contributed by atoms with E-state index in [-0.39, 0.29) is 16.6 Å². The zero-order valence-corrected chi connectivity index (χ0v) is 12.7. The maximum absolute atomic E-state index is 11.9. The largest absolute Gasteiger partial charge is 0.545 e. The van der Waals surface area contributed by atoms with E-state index in [9.17, 15) is 14.7 Å². The molecule has 22 heavy (non-hydrogen) atoms. The Kier molecular flexibility index (Phi) is 5.08. The molecule has 0 atom stereocenters. The van der Waals surface area contributed by atoms with Crippen LogP contribution in [-0.2, 0) is 0 Å². The summed E-state index contributed by atoms with van der Waals surface area (Å²) in [6.07, 6.45) is 0. The molecule has 2 aromatic rings. The molecule has 2 N–H and O–H groups in total. The van der Waals surface area contributed by atoms with Gasteiger partial charge in [-0.2, -0.15) is 0 Å². The van der Waals surface area contributed by atoms with Gasteiger partial charge in [-0.15, -0.1) is 0 Å². The molecule has 2 rings (SSSR count). The van der Waals surface area contributed by atoms with Crippen molar-refractivity contribution in [1.82, 2.24) is 5.32 Å². The van der Waals surface area contributed by atoms with Gasteiger partial charge in [0.1, 0.15) is 0 Å². The van der Waals surface area contributed by atoms with Crippen LogP contribution in [0, 0.1) is 0 Å². The van der Waals surface area contributed by atoms with Gasteiger partial charge in [-0.05, 0) is 54.2 Å². The number of carbonyl (C=O) groups excluding carboxylic acids is 2. The van der Waals surface area contributed by atoms with Gasteiger partial charge in [0.2, 0.25) is 0 Å². The van der Waals surface area contributed by atoms with Crippen molar-refractivity contribution in [3.8, 4) is 0 Å². The summed E-state index contributed by atoms with van der Waals surface area (Å²) < 4.78 is 0. The van der Waals surface area contributed by atoms with Crippen molar-refractivity contribution in [2.24, 2.45) is 0 Å². The van der Waals surface area contributed by atoms with Gasteiger partial charge in [0.25, 0.3) is 5.91 Å². The molecule has 0 saturated heterocycles. The molecular weight excluding hydrogens is 324 g/mol. The second-order valence-electron chi connectivity index (χ2n) is 4.28. The highest BCUT2D eigenvalue weighted by atomic mass is 35.5. The Morgan fingerprint density at radius 1 is 0.955 bits per heavy atom. The topological polar surface area (TPSA) is 81.3 Å². The number of aromatic carboxylic acids is 1. The minimum atomic E-state index is -1.26. The molecular formula is C15H10ClN2O3S-.